The first-order valence-corrected chi connectivity index (χ1v) is 5.75. The molecular formula is C11H16N2O3S. The molecule has 0 aliphatic carbocycles. The topological polar surface area (TPSA) is 64.1 Å². The van der Waals surface area contributed by atoms with E-state index < -0.39 is 6.04 Å². The Labute approximate surface area is 104 Å². The van der Waals surface area contributed by atoms with Crippen LogP contribution in [0.15, 0.2) is 17.1 Å². The summed E-state index contributed by atoms with van der Waals surface area (Å²) in [5.41, 5.74) is -0.278. The zero-order valence-corrected chi connectivity index (χ0v) is 10.9. The summed E-state index contributed by atoms with van der Waals surface area (Å²) in [6, 6.07) is 0.843. The summed E-state index contributed by atoms with van der Waals surface area (Å²) in [7, 11) is 1.34. The van der Waals surface area contributed by atoms with Crippen LogP contribution in [0, 0.1) is 10.7 Å². The number of H-pyrrole nitrogens is 1. The number of carbonyl (C=O) groups excluding carboxylic acids is 1. The van der Waals surface area contributed by atoms with E-state index in [0.717, 1.165) is 0 Å². The van der Waals surface area contributed by atoms with Crippen molar-refractivity contribution in [2.24, 2.45) is 5.92 Å². The molecule has 0 aromatic carbocycles. The number of esters is 1. The van der Waals surface area contributed by atoms with Crippen LogP contribution in [-0.4, -0.2) is 22.6 Å². The Hall–Kier alpha value is -1.43. The van der Waals surface area contributed by atoms with Crippen LogP contribution in [0.1, 0.15) is 26.3 Å². The zero-order valence-electron chi connectivity index (χ0n) is 10.1. The summed E-state index contributed by atoms with van der Waals surface area (Å²) in [6.45, 7) is 4.01. The van der Waals surface area contributed by atoms with E-state index in [0.29, 0.717) is 12.3 Å². The van der Waals surface area contributed by atoms with Crippen molar-refractivity contribution < 1.29 is 9.53 Å². The number of nitrogens with one attached hydrogen (secondary N) is 1. The summed E-state index contributed by atoms with van der Waals surface area (Å²) in [6.07, 6.45) is 2.12. The number of nitrogens with zero attached hydrogens (tertiary/aromatic N) is 1. The van der Waals surface area contributed by atoms with E-state index in [4.69, 9.17) is 17.0 Å². The fraction of sp³-hybridized carbons (Fsp3) is 0.545. The van der Waals surface area contributed by atoms with Crippen LogP contribution in [0.5, 0.6) is 0 Å². The third kappa shape index (κ3) is 3.52. The Morgan fingerprint density at radius 3 is 2.71 bits per heavy atom. The molecule has 1 rings (SSSR count). The third-order valence-corrected chi connectivity index (χ3v) is 2.67. The average molecular weight is 256 g/mol. The molecular weight excluding hydrogens is 240 g/mol. The summed E-state index contributed by atoms with van der Waals surface area (Å²) in [5, 5.41) is 0. The number of rotatable bonds is 4. The lowest BCUT2D eigenvalue weighted by molar-refractivity contribution is -0.145. The molecule has 6 heteroatoms. The minimum Gasteiger partial charge on any atom is -0.467 e. The van der Waals surface area contributed by atoms with Gasteiger partial charge in [0.15, 0.2) is 4.77 Å². The van der Waals surface area contributed by atoms with Gasteiger partial charge in [-0.1, -0.05) is 13.8 Å². The molecule has 17 heavy (non-hydrogen) atoms. The molecule has 1 aromatic rings. The van der Waals surface area contributed by atoms with Crippen molar-refractivity contribution >= 4 is 18.2 Å². The third-order valence-electron chi connectivity index (χ3n) is 2.35. The van der Waals surface area contributed by atoms with Gasteiger partial charge in [-0.15, -0.1) is 0 Å². The van der Waals surface area contributed by atoms with E-state index >= 15 is 0 Å². The van der Waals surface area contributed by atoms with Gasteiger partial charge in [0.25, 0.3) is 5.56 Å². The van der Waals surface area contributed by atoms with Gasteiger partial charge in [0.05, 0.1) is 7.11 Å². The Balaban J connectivity index is 3.17. The summed E-state index contributed by atoms with van der Waals surface area (Å²) >= 11 is 5.04. The molecule has 5 nitrogen and oxygen atoms in total. The quantitative estimate of drug-likeness (QED) is 0.657. The molecule has 1 heterocycles. The van der Waals surface area contributed by atoms with Crippen molar-refractivity contribution in [1.82, 2.24) is 9.55 Å². The highest BCUT2D eigenvalue weighted by Crippen LogP contribution is 2.18. The monoisotopic (exact) mass is 256 g/mol. The first kappa shape index (κ1) is 13.6. The molecule has 0 bridgehead atoms. The van der Waals surface area contributed by atoms with Gasteiger partial charge in [-0.25, -0.2) is 4.79 Å². The van der Waals surface area contributed by atoms with E-state index in [1.807, 2.05) is 13.8 Å². The first-order valence-electron chi connectivity index (χ1n) is 5.35. The summed E-state index contributed by atoms with van der Waals surface area (Å²) in [5.74, 6) is -0.0465. The molecule has 0 spiro atoms. The first-order chi connectivity index (χ1) is 7.95. The van der Waals surface area contributed by atoms with Crippen LogP contribution in [0.25, 0.3) is 0 Å². The predicted molar refractivity (Wildman–Crippen MR) is 66.4 cm³/mol. The van der Waals surface area contributed by atoms with Crippen molar-refractivity contribution in [3.8, 4) is 0 Å². The number of carbonyl (C=O) groups is 1. The molecule has 0 amide bonds. The van der Waals surface area contributed by atoms with E-state index in [1.165, 1.54) is 19.4 Å². The number of aromatic amines is 1. The smallest absolute Gasteiger partial charge is 0.328 e. The van der Waals surface area contributed by atoms with Crippen molar-refractivity contribution in [2.45, 2.75) is 26.3 Å². The highest BCUT2D eigenvalue weighted by molar-refractivity contribution is 7.71. The molecule has 1 unspecified atom stereocenters. The minimum absolute atomic E-state index is 0.230. The Morgan fingerprint density at radius 1 is 1.59 bits per heavy atom. The van der Waals surface area contributed by atoms with Gasteiger partial charge in [-0.05, 0) is 24.6 Å². The van der Waals surface area contributed by atoms with Crippen LogP contribution in [0.2, 0.25) is 0 Å². The van der Waals surface area contributed by atoms with Gasteiger partial charge in [-0.2, -0.15) is 0 Å². The molecule has 0 saturated heterocycles. The minimum atomic E-state index is -0.496. The fourth-order valence-corrected chi connectivity index (χ4v) is 1.87. The summed E-state index contributed by atoms with van der Waals surface area (Å²) in [4.78, 5) is 25.3. The molecule has 1 atom stereocenters. The number of hydrogen-bond acceptors (Lipinski definition) is 4. The Morgan fingerprint density at radius 2 is 2.24 bits per heavy atom. The van der Waals surface area contributed by atoms with Crippen LogP contribution in [-0.2, 0) is 9.53 Å². The second-order valence-electron chi connectivity index (χ2n) is 4.19. The maximum absolute atomic E-state index is 11.7. The lowest BCUT2D eigenvalue weighted by Crippen LogP contribution is -2.25. The standard InChI is InChI=1S/C11H16N2O3S/c1-7(2)6-8(10(15)16-3)13-5-4-9(14)12-11(13)17/h4-5,7-8H,6H2,1-3H3,(H,12,14,17). The van der Waals surface area contributed by atoms with Crippen molar-refractivity contribution in [1.29, 1.82) is 0 Å². The van der Waals surface area contributed by atoms with E-state index in [-0.39, 0.29) is 16.3 Å². The van der Waals surface area contributed by atoms with Gasteiger partial charge >= 0.3 is 5.97 Å². The second kappa shape index (κ2) is 5.77. The van der Waals surface area contributed by atoms with E-state index in [9.17, 15) is 9.59 Å². The van der Waals surface area contributed by atoms with Crippen molar-refractivity contribution in [3.63, 3.8) is 0 Å². The highest BCUT2D eigenvalue weighted by Gasteiger charge is 2.22. The normalized spacial score (nSPS) is 12.5. The van der Waals surface area contributed by atoms with E-state index in [2.05, 4.69) is 4.98 Å². The Bertz CT molecular complexity index is 504. The molecule has 0 radical (unpaired) electrons. The molecule has 1 N–H and O–H groups in total. The van der Waals surface area contributed by atoms with Gasteiger partial charge in [0, 0.05) is 12.3 Å². The number of ether oxygens (including phenoxy) is 1. The van der Waals surface area contributed by atoms with Crippen molar-refractivity contribution in [2.75, 3.05) is 7.11 Å². The van der Waals surface area contributed by atoms with Crippen LogP contribution in [0.3, 0.4) is 0 Å². The largest absolute Gasteiger partial charge is 0.467 e. The maximum atomic E-state index is 11.7. The average Bonchev–Trinajstić information content (AvgIpc) is 2.25. The number of methoxy groups -OCH3 is 1. The zero-order chi connectivity index (χ0) is 13.0. The van der Waals surface area contributed by atoms with Gasteiger partial charge < -0.3 is 9.30 Å². The lowest BCUT2D eigenvalue weighted by Gasteiger charge is -2.19. The van der Waals surface area contributed by atoms with E-state index in [1.54, 1.807) is 4.57 Å². The molecule has 0 aliphatic rings. The molecule has 94 valence electrons. The fourth-order valence-electron chi connectivity index (χ4n) is 1.58. The van der Waals surface area contributed by atoms with Gasteiger partial charge in [0.1, 0.15) is 6.04 Å². The lowest BCUT2D eigenvalue weighted by atomic mass is 10.0. The Kier molecular flexibility index (Phi) is 4.62. The predicted octanol–water partition coefficient (Wildman–Crippen LogP) is 1.67. The van der Waals surface area contributed by atoms with Crippen LogP contribution < -0.4 is 5.56 Å². The molecule has 1 aromatic heterocycles. The highest BCUT2D eigenvalue weighted by atomic mass is 32.1. The van der Waals surface area contributed by atoms with Gasteiger partial charge in [-0.3, -0.25) is 9.78 Å². The van der Waals surface area contributed by atoms with Gasteiger partial charge in [0.2, 0.25) is 0 Å². The maximum Gasteiger partial charge on any atom is 0.328 e. The molecule has 0 aliphatic heterocycles. The molecule has 0 fully saturated rings. The van der Waals surface area contributed by atoms with Crippen LogP contribution >= 0.6 is 12.2 Å². The molecule has 0 saturated carbocycles. The summed E-state index contributed by atoms with van der Waals surface area (Å²) < 4.78 is 6.54. The number of aromatic nitrogens is 2. The number of hydrogen-bond donors (Lipinski definition) is 1. The van der Waals surface area contributed by atoms with Crippen LogP contribution in [0.4, 0.5) is 0 Å². The second-order valence-corrected chi connectivity index (χ2v) is 4.57. The SMILES string of the molecule is COC(=O)C(CC(C)C)n1ccc(=O)[nH]c1=S. The van der Waals surface area contributed by atoms with Crippen molar-refractivity contribution in [3.05, 3.63) is 27.4 Å².